The van der Waals surface area contributed by atoms with Crippen molar-refractivity contribution in [3.8, 4) is 0 Å². The van der Waals surface area contributed by atoms with E-state index in [1.807, 2.05) is 0 Å². The van der Waals surface area contributed by atoms with Crippen molar-refractivity contribution in [2.24, 2.45) is 4.99 Å². The third-order valence-electron chi connectivity index (χ3n) is 1.11. The molecule has 6 heteroatoms. The van der Waals surface area contributed by atoms with Gasteiger partial charge < -0.3 is 5.73 Å². The van der Waals surface area contributed by atoms with E-state index in [9.17, 15) is 4.79 Å². The summed E-state index contributed by atoms with van der Waals surface area (Å²) in [6, 6.07) is 0. The fourth-order valence-corrected chi connectivity index (χ4v) is 0.778. The maximum Gasteiger partial charge on any atom is 0.296 e. The van der Waals surface area contributed by atoms with Gasteiger partial charge in [0.25, 0.3) is 5.91 Å². The monoisotopic (exact) mass is 184 g/mol. The second-order valence-corrected chi connectivity index (χ2v) is 2.30. The number of anilines is 1. The number of hydrogen-bond donors (Lipinski definition) is 1. The van der Waals surface area contributed by atoms with Crippen LogP contribution in [-0.4, -0.2) is 22.6 Å². The maximum absolute atomic E-state index is 10.9. The summed E-state index contributed by atoms with van der Waals surface area (Å²) in [5.41, 5.74) is 5.20. The Kier molecular flexibility index (Phi) is 2.35. The zero-order valence-electron chi connectivity index (χ0n) is 5.99. The highest BCUT2D eigenvalue weighted by molar-refractivity contribution is 6.33. The minimum Gasteiger partial charge on any atom is -0.368 e. The fraction of sp³-hybridized carbons (Fsp3) is 0. The molecule has 0 fully saturated rings. The van der Waals surface area contributed by atoms with E-state index in [0.29, 0.717) is 0 Å². The Morgan fingerprint density at radius 2 is 2.42 bits per heavy atom. The molecule has 0 spiro atoms. The smallest absolute Gasteiger partial charge is 0.296 e. The molecule has 1 heterocycles. The molecule has 62 valence electrons. The molecule has 1 aromatic heterocycles. The van der Waals surface area contributed by atoms with E-state index in [-0.39, 0.29) is 16.7 Å². The van der Waals surface area contributed by atoms with Crippen molar-refractivity contribution < 1.29 is 4.79 Å². The van der Waals surface area contributed by atoms with Crippen molar-refractivity contribution in [3.05, 3.63) is 16.9 Å². The van der Waals surface area contributed by atoms with Gasteiger partial charge in [0.15, 0.2) is 5.69 Å². The first-order valence-electron chi connectivity index (χ1n) is 2.94. The molecular weight excluding hydrogens is 180 g/mol. The lowest BCUT2D eigenvalue weighted by atomic mass is 10.4. The van der Waals surface area contributed by atoms with Gasteiger partial charge in [-0.15, -0.1) is 0 Å². The largest absolute Gasteiger partial charge is 0.368 e. The zero-order valence-corrected chi connectivity index (χ0v) is 6.75. The average molecular weight is 185 g/mol. The van der Waals surface area contributed by atoms with Crippen molar-refractivity contribution in [2.75, 3.05) is 5.73 Å². The van der Waals surface area contributed by atoms with Gasteiger partial charge in [-0.3, -0.25) is 4.79 Å². The van der Waals surface area contributed by atoms with Gasteiger partial charge in [-0.1, -0.05) is 11.6 Å². The summed E-state index contributed by atoms with van der Waals surface area (Å²) in [5.74, 6) is -0.638. The molecule has 0 aromatic carbocycles. The Labute approximate surface area is 73.3 Å². The van der Waals surface area contributed by atoms with E-state index in [4.69, 9.17) is 17.3 Å². The van der Waals surface area contributed by atoms with Crippen LogP contribution in [0.25, 0.3) is 0 Å². The van der Waals surface area contributed by atoms with Gasteiger partial charge in [0.1, 0.15) is 0 Å². The lowest BCUT2D eigenvalue weighted by Gasteiger charge is -1.97. The highest BCUT2D eigenvalue weighted by Crippen LogP contribution is 2.13. The molecule has 0 aliphatic rings. The SMILES string of the molecule is C=NC(=O)c1nc(N)ncc1Cl. The molecular formula is C6H5ClN4O. The predicted molar refractivity (Wildman–Crippen MR) is 45.3 cm³/mol. The van der Waals surface area contributed by atoms with Crippen LogP contribution in [0.4, 0.5) is 5.95 Å². The Hall–Kier alpha value is -1.49. The highest BCUT2D eigenvalue weighted by atomic mass is 35.5. The number of hydrogen-bond acceptors (Lipinski definition) is 4. The maximum atomic E-state index is 10.9. The Balaban J connectivity index is 3.22. The van der Waals surface area contributed by atoms with Crippen LogP contribution in [0.1, 0.15) is 10.5 Å². The van der Waals surface area contributed by atoms with E-state index in [1.165, 1.54) is 6.20 Å². The molecule has 1 aromatic rings. The van der Waals surface area contributed by atoms with E-state index in [2.05, 4.69) is 21.7 Å². The number of aromatic nitrogens is 2. The van der Waals surface area contributed by atoms with Crippen molar-refractivity contribution in [2.45, 2.75) is 0 Å². The van der Waals surface area contributed by atoms with E-state index in [1.54, 1.807) is 0 Å². The molecule has 0 saturated carbocycles. The molecule has 2 N–H and O–H groups in total. The molecule has 0 aliphatic heterocycles. The van der Waals surface area contributed by atoms with Gasteiger partial charge >= 0.3 is 0 Å². The second kappa shape index (κ2) is 3.27. The first kappa shape index (κ1) is 8.61. The minimum absolute atomic E-state index is 0.0219. The highest BCUT2D eigenvalue weighted by Gasteiger charge is 2.10. The normalized spacial score (nSPS) is 9.42. The molecule has 0 bridgehead atoms. The minimum atomic E-state index is -0.617. The quantitative estimate of drug-likeness (QED) is 0.647. The molecule has 1 amide bonds. The van der Waals surface area contributed by atoms with Crippen LogP contribution >= 0.6 is 11.6 Å². The molecule has 0 saturated heterocycles. The number of amides is 1. The number of rotatable bonds is 1. The first-order chi connectivity index (χ1) is 5.65. The van der Waals surface area contributed by atoms with Crippen LogP contribution in [0, 0.1) is 0 Å². The summed E-state index contributed by atoms with van der Waals surface area (Å²) in [4.78, 5) is 21.2. The van der Waals surface area contributed by atoms with Gasteiger partial charge in [-0.2, -0.15) is 0 Å². The van der Waals surface area contributed by atoms with Gasteiger partial charge in [-0.05, 0) is 6.72 Å². The number of aliphatic imine (C=N–C) groups is 1. The molecule has 0 radical (unpaired) electrons. The van der Waals surface area contributed by atoms with Crippen LogP contribution < -0.4 is 5.73 Å². The lowest BCUT2D eigenvalue weighted by Crippen LogP contribution is -2.04. The summed E-state index contributed by atoms with van der Waals surface area (Å²) in [6.45, 7) is 3.05. The van der Waals surface area contributed by atoms with Gasteiger partial charge in [0.2, 0.25) is 5.95 Å². The molecule has 0 aliphatic carbocycles. The Morgan fingerprint density at radius 3 is 3.00 bits per heavy atom. The Morgan fingerprint density at radius 1 is 1.75 bits per heavy atom. The summed E-state index contributed by atoms with van der Waals surface area (Å²) >= 11 is 5.58. The molecule has 12 heavy (non-hydrogen) atoms. The number of nitrogens with two attached hydrogens (primary N) is 1. The van der Waals surface area contributed by atoms with Crippen LogP contribution in [0.2, 0.25) is 5.02 Å². The van der Waals surface area contributed by atoms with Gasteiger partial charge in [0.05, 0.1) is 11.2 Å². The number of nitrogen functional groups attached to an aromatic ring is 1. The average Bonchev–Trinajstić information content (AvgIpc) is 2.08. The Bertz CT molecular complexity index is 338. The third kappa shape index (κ3) is 1.57. The lowest BCUT2D eigenvalue weighted by molar-refractivity contribution is 0.0999. The van der Waals surface area contributed by atoms with Crippen molar-refractivity contribution in [1.82, 2.24) is 9.97 Å². The van der Waals surface area contributed by atoms with Crippen molar-refractivity contribution in [3.63, 3.8) is 0 Å². The third-order valence-corrected chi connectivity index (χ3v) is 1.39. The second-order valence-electron chi connectivity index (χ2n) is 1.89. The summed E-state index contributed by atoms with van der Waals surface area (Å²) in [7, 11) is 0. The van der Waals surface area contributed by atoms with E-state index >= 15 is 0 Å². The molecule has 1 rings (SSSR count). The number of halogens is 1. The van der Waals surface area contributed by atoms with Gasteiger partial charge in [0, 0.05) is 0 Å². The molecule has 0 unspecified atom stereocenters. The van der Waals surface area contributed by atoms with E-state index < -0.39 is 5.91 Å². The molecule has 0 atom stereocenters. The zero-order chi connectivity index (χ0) is 9.14. The number of nitrogens with zero attached hydrogens (tertiary/aromatic N) is 3. The first-order valence-corrected chi connectivity index (χ1v) is 3.32. The van der Waals surface area contributed by atoms with Gasteiger partial charge in [-0.25, -0.2) is 15.0 Å². The topological polar surface area (TPSA) is 81.2 Å². The summed E-state index contributed by atoms with van der Waals surface area (Å²) < 4.78 is 0. The van der Waals surface area contributed by atoms with Crippen LogP contribution in [-0.2, 0) is 0 Å². The fourth-order valence-electron chi connectivity index (χ4n) is 0.606. The predicted octanol–water partition coefficient (Wildman–Crippen LogP) is 0.553. The number of carbonyl (C=O) groups excluding carboxylic acids is 1. The summed E-state index contributed by atoms with van der Waals surface area (Å²) in [6.07, 6.45) is 1.24. The number of carbonyl (C=O) groups is 1. The van der Waals surface area contributed by atoms with E-state index in [0.717, 1.165) is 0 Å². The van der Waals surface area contributed by atoms with Crippen LogP contribution in [0.3, 0.4) is 0 Å². The standard InChI is InChI=1S/C6H5ClN4O/c1-9-5(12)4-3(7)2-10-6(8)11-4/h2H,1H2,(H2,8,10,11). The van der Waals surface area contributed by atoms with Crippen molar-refractivity contribution in [1.29, 1.82) is 0 Å². The van der Waals surface area contributed by atoms with Crippen LogP contribution in [0.15, 0.2) is 11.2 Å². The molecule has 5 nitrogen and oxygen atoms in total. The summed E-state index contributed by atoms with van der Waals surface area (Å²) in [5, 5.41) is 0.113. The van der Waals surface area contributed by atoms with Crippen molar-refractivity contribution >= 4 is 30.2 Å². The van der Waals surface area contributed by atoms with Crippen LogP contribution in [0.5, 0.6) is 0 Å².